The molecule has 0 spiro atoms. The topological polar surface area (TPSA) is 207 Å². The molecule has 3 N–H and O–H groups in total. The van der Waals surface area contributed by atoms with Crippen LogP contribution in [0.4, 0.5) is 5.13 Å². The molecule has 2 amide bonds. The van der Waals surface area contributed by atoms with E-state index in [1.54, 1.807) is 11.5 Å². The zero-order chi connectivity index (χ0) is 38.1. The molecule has 0 radical (unpaired) electrons. The molecular weight excluding hydrogens is 745 g/mol. The maximum absolute atomic E-state index is 13.8. The van der Waals surface area contributed by atoms with Crippen LogP contribution in [0.3, 0.4) is 0 Å². The Balaban J connectivity index is 0.000000833. The second kappa shape index (κ2) is 17.4. The van der Waals surface area contributed by atoms with Crippen LogP contribution in [0.25, 0.3) is 0 Å². The number of rotatable bonds is 12. The van der Waals surface area contributed by atoms with Crippen molar-refractivity contribution in [1.82, 2.24) is 15.2 Å². The molecule has 2 aliphatic rings. The first kappa shape index (κ1) is 38.8. The van der Waals surface area contributed by atoms with Crippen LogP contribution in [-0.4, -0.2) is 71.1 Å². The van der Waals surface area contributed by atoms with Crippen molar-refractivity contribution in [2.45, 2.75) is 23.6 Å². The summed E-state index contributed by atoms with van der Waals surface area (Å²) in [5.41, 5.74) is 9.40. The van der Waals surface area contributed by atoms with Gasteiger partial charge >= 0.3 is 5.97 Å². The summed E-state index contributed by atoms with van der Waals surface area (Å²) in [6.07, 6.45) is 2.97. The molecule has 0 aliphatic carbocycles. The molecule has 3 atom stereocenters. The molecule has 0 bridgehead atoms. The number of oxime groups is 1. The number of nitrogens with one attached hydrogen (secondary N) is 1. The van der Waals surface area contributed by atoms with E-state index in [9.17, 15) is 27.4 Å². The number of pyridine rings is 1. The van der Waals surface area contributed by atoms with Crippen LogP contribution < -0.4 is 15.6 Å². The van der Waals surface area contributed by atoms with Crippen molar-refractivity contribution in [3.63, 3.8) is 0 Å². The largest absolute Gasteiger partial charge is 0.726 e. The Morgan fingerprint density at radius 3 is 2.26 bits per heavy atom. The van der Waals surface area contributed by atoms with E-state index >= 15 is 0 Å². The van der Waals surface area contributed by atoms with Crippen molar-refractivity contribution in [2.24, 2.45) is 12.2 Å². The molecule has 1 fully saturated rings. The number of allylic oxidation sites excluding steroid dienone is 1. The Hall–Kier alpha value is -5.40. The third-order valence-corrected chi connectivity index (χ3v) is 10.3. The number of aromatic nitrogens is 2. The van der Waals surface area contributed by atoms with E-state index in [-0.39, 0.29) is 5.70 Å². The number of esters is 1. The summed E-state index contributed by atoms with van der Waals surface area (Å²) in [6.45, 7) is 3.86. The summed E-state index contributed by atoms with van der Waals surface area (Å²) < 4.78 is 39.0. The highest BCUT2D eigenvalue weighted by Gasteiger charge is 2.54. The Morgan fingerprint density at radius 1 is 1.09 bits per heavy atom. The lowest BCUT2D eigenvalue weighted by molar-refractivity contribution is -0.682. The molecule has 276 valence electrons. The number of carbonyl (C=O) groups is 3. The maximum Gasteiger partial charge on any atom is 0.356 e. The number of nitrogens with two attached hydrogens (primary N) is 1. The number of hydrogen-bond donors (Lipinski definition) is 2. The van der Waals surface area contributed by atoms with Gasteiger partial charge in [0.15, 0.2) is 17.4 Å². The Kier molecular flexibility index (Phi) is 12.8. The molecular formula is C35H34N6O9S3. The van der Waals surface area contributed by atoms with Gasteiger partial charge in [-0.2, -0.15) is 0 Å². The number of ether oxygens (including phenoxy) is 1. The highest BCUT2D eigenvalue weighted by Crippen LogP contribution is 2.42. The van der Waals surface area contributed by atoms with Crippen LogP contribution in [0.15, 0.2) is 120 Å². The number of benzene rings is 2. The second-order valence-electron chi connectivity index (χ2n) is 11.2. The SMILES string of the molecule is C=CC1=C(C(=O)OC(c2ccccc2)c2ccccc2)N2C(=O)C(NC(=O)C=NOC(c3csc(N)n3)c3cccc[n+]3C)[C@@H]2SC1.COS(=O)(=O)[O-]. The molecule has 2 aliphatic heterocycles. The Morgan fingerprint density at radius 2 is 1.72 bits per heavy atom. The third-order valence-electron chi connectivity index (χ3n) is 7.88. The summed E-state index contributed by atoms with van der Waals surface area (Å²) in [5, 5.41) is 8.24. The van der Waals surface area contributed by atoms with Gasteiger partial charge in [0.25, 0.3) is 17.9 Å². The summed E-state index contributed by atoms with van der Waals surface area (Å²) in [6, 6.07) is 23.5. The fraction of sp³-hybridized carbons (Fsp3) is 0.200. The van der Waals surface area contributed by atoms with E-state index in [4.69, 9.17) is 15.3 Å². The normalized spacial score (nSPS) is 17.3. The minimum atomic E-state index is -4.41. The van der Waals surface area contributed by atoms with Gasteiger partial charge in [-0.05, 0) is 22.8 Å². The molecule has 2 aromatic carbocycles. The fourth-order valence-electron chi connectivity index (χ4n) is 5.35. The van der Waals surface area contributed by atoms with Gasteiger partial charge in [0.1, 0.15) is 36.1 Å². The van der Waals surface area contributed by atoms with Crippen LogP contribution in [0.5, 0.6) is 0 Å². The molecule has 4 heterocycles. The quantitative estimate of drug-likeness (QED) is 0.0405. The monoisotopic (exact) mass is 778 g/mol. The summed E-state index contributed by atoms with van der Waals surface area (Å²) in [5.74, 6) is -1.33. The number of hydrogen-bond acceptors (Lipinski definition) is 14. The van der Waals surface area contributed by atoms with Crippen molar-refractivity contribution < 1.29 is 45.7 Å². The highest BCUT2D eigenvalue weighted by molar-refractivity contribution is 8.00. The molecule has 4 aromatic rings. The molecule has 53 heavy (non-hydrogen) atoms. The zero-order valence-corrected chi connectivity index (χ0v) is 30.8. The van der Waals surface area contributed by atoms with Crippen LogP contribution in [0, 0.1) is 0 Å². The number of β-lactam (4-membered cyclic amide) rings is 1. The number of aryl methyl sites for hydroxylation is 1. The van der Waals surface area contributed by atoms with Gasteiger partial charge in [-0.25, -0.2) is 22.8 Å². The summed E-state index contributed by atoms with van der Waals surface area (Å²) >= 11 is 2.68. The minimum Gasteiger partial charge on any atom is -0.726 e. The molecule has 2 unspecified atom stereocenters. The van der Waals surface area contributed by atoms with Gasteiger partial charge < -0.3 is 25.2 Å². The van der Waals surface area contributed by atoms with E-state index in [0.717, 1.165) is 30.1 Å². The van der Waals surface area contributed by atoms with E-state index in [2.05, 4.69) is 26.2 Å². The molecule has 15 nitrogen and oxygen atoms in total. The smallest absolute Gasteiger partial charge is 0.356 e. The predicted octanol–water partition coefficient (Wildman–Crippen LogP) is 2.91. The van der Waals surface area contributed by atoms with Crippen molar-refractivity contribution in [3.05, 3.63) is 137 Å². The van der Waals surface area contributed by atoms with Crippen LogP contribution in [0.2, 0.25) is 0 Å². The number of nitrogen functional groups attached to an aromatic ring is 1. The first-order valence-electron chi connectivity index (χ1n) is 15.7. The lowest BCUT2D eigenvalue weighted by atomic mass is 10.0. The Labute approximate surface area is 313 Å². The van der Waals surface area contributed by atoms with Gasteiger partial charge in [0, 0.05) is 23.3 Å². The number of carbonyl (C=O) groups excluding carboxylic acids is 3. The van der Waals surface area contributed by atoms with Crippen LogP contribution >= 0.6 is 23.1 Å². The van der Waals surface area contributed by atoms with E-state index in [1.165, 1.54) is 28.0 Å². The predicted molar refractivity (Wildman–Crippen MR) is 195 cm³/mol. The van der Waals surface area contributed by atoms with Gasteiger partial charge in [-0.1, -0.05) is 78.5 Å². The Bertz CT molecular complexity index is 2090. The second-order valence-corrected chi connectivity index (χ2v) is 14.4. The van der Waals surface area contributed by atoms with E-state index in [0.29, 0.717) is 22.2 Å². The molecule has 0 saturated carbocycles. The van der Waals surface area contributed by atoms with Crippen molar-refractivity contribution in [1.29, 1.82) is 0 Å². The zero-order valence-electron chi connectivity index (χ0n) is 28.3. The number of thioether (sulfide) groups is 1. The summed E-state index contributed by atoms with van der Waals surface area (Å²) in [7, 11) is -1.75. The van der Waals surface area contributed by atoms with Crippen molar-refractivity contribution in [2.75, 3.05) is 18.6 Å². The third kappa shape index (κ3) is 9.53. The maximum atomic E-state index is 13.8. The van der Waals surface area contributed by atoms with Gasteiger partial charge in [-0.15, -0.1) is 23.1 Å². The standard InChI is InChI=1S/C34H30N6O5S2.CH4O4S/c1-3-21-19-46-32-27(38-26(41)18-36-45-30(24-20-47-34(35)37-24)25-16-10-11-17-39(25)2)31(42)40(32)28(21)33(43)44-29(22-12-6-4-7-13-22)23-14-8-5-9-15-23;1-5-6(2,3)4/h3-18,20,27,29-30,32H,1,19H2,2H3,(H2-,35,37,38,41);1H3,(H,2,3,4)/t27?,30?,32-;/m0./s1. The first-order chi connectivity index (χ1) is 25.4. The molecule has 1 saturated heterocycles. The number of nitrogens with zero attached hydrogens (tertiary/aromatic N) is 4. The van der Waals surface area contributed by atoms with Gasteiger partial charge in [0.2, 0.25) is 16.1 Å². The first-order valence-corrected chi connectivity index (χ1v) is 19.0. The lowest BCUT2D eigenvalue weighted by Crippen LogP contribution is -2.70. The average molecular weight is 779 g/mol. The van der Waals surface area contributed by atoms with Crippen LogP contribution in [-0.2, 0) is 45.6 Å². The van der Waals surface area contributed by atoms with Crippen molar-refractivity contribution in [3.8, 4) is 0 Å². The number of fused-ring (bicyclic) bond motifs is 1. The lowest BCUT2D eigenvalue weighted by Gasteiger charge is -2.49. The van der Waals surface area contributed by atoms with E-state index < -0.39 is 51.8 Å². The molecule has 2 aromatic heterocycles. The number of amides is 2. The average Bonchev–Trinajstić information content (AvgIpc) is 3.60. The highest BCUT2D eigenvalue weighted by atomic mass is 32.3. The van der Waals surface area contributed by atoms with Crippen molar-refractivity contribution >= 4 is 62.6 Å². The van der Waals surface area contributed by atoms with Crippen LogP contribution in [0.1, 0.15) is 34.7 Å². The number of thiazole rings is 1. The molecule has 18 heteroatoms. The fourth-order valence-corrected chi connectivity index (χ4v) is 7.27. The van der Waals surface area contributed by atoms with E-state index in [1.807, 2.05) is 96.7 Å². The minimum absolute atomic E-state index is 0.120. The van der Waals surface area contributed by atoms with Gasteiger partial charge in [-0.3, -0.25) is 18.7 Å². The number of anilines is 1. The van der Waals surface area contributed by atoms with Gasteiger partial charge in [0.05, 0.1) is 7.11 Å². The molecule has 6 rings (SSSR count). The summed E-state index contributed by atoms with van der Waals surface area (Å²) in [4.78, 5) is 51.6.